The second kappa shape index (κ2) is 5.13. The van der Waals surface area contributed by atoms with Crippen molar-refractivity contribution < 1.29 is 9.18 Å². The van der Waals surface area contributed by atoms with E-state index in [0.29, 0.717) is 25.9 Å². The van der Waals surface area contributed by atoms with Gasteiger partial charge in [-0.25, -0.2) is 4.39 Å². The summed E-state index contributed by atoms with van der Waals surface area (Å²) in [5.74, 6) is 0.307. The van der Waals surface area contributed by atoms with Gasteiger partial charge in [0.25, 0.3) is 0 Å². The van der Waals surface area contributed by atoms with E-state index < -0.39 is 6.17 Å². The molecule has 2 aliphatic rings. The molecule has 1 saturated carbocycles. The van der Waals surface area contributed by atoms with Gasteiger partial charge in [0, 0.05) is 25.0 Å². The number of hydrogen-bond donors (Lipinski definition) is 1. The topological polar surface area (TPSA) is 46.3 Å². The van der Waals surface area contributed by atoms with Gasteiger partial charge < -0.3 is 10.6 Å². The molecule has 0 aromatic rings. The number of piperidine rings is 1. The summed E-state index contributed by atoms with van der Waals surface area (Å²) in [5, 5.41) is 0. The first-order chi connectivity index (χ1) is 7.66. The number of halogens is 1. The van der Waals surface area contributed by atoms with Crippen LogP contribution >= 0.6 is 0 Å². The van der Waals surface area contributed by atoms with Crippen molar-refractivity contribution in [2.24, 2.45) is 11.7 Å². The third-order valence-corrected chi connectivity index (χ3v) is 3.80. The summed E-state index contributed by atoms with van der Waals surface area (Å²) in [6.07, 6.45) is 4.16. The minimum atomic E-state index is -0.710. The first-order valence-corrected chi connectivity index (χ1v) is 6.35. The monoisotopic (exact) mass is 228 g/mol. The fourth-order valence-corrected chi connectivity index (χ4v) is 2.78. The number of rotatable bonds is 1. The molecule has 1 saturated heterocycles. The van der Waals surface area contributed by atoms with Crippen LogP contribution in [0.2, 0.25) is 0 Å². The summed E-state index contributed by atoms with van der Waals surface area (Å²) in [5.41, 5.74) is 5.88. The molecular weight excluding hydrogens is 207 g/mol. The summed E-state index contributed by atoms with van der Waals surface area (Å²) in [7, 11) is 0. The van der Waals surface area contributed by atoms with Crippen molar-refractivity contribution in [1.82, 2.24) is 4.90 Å². The van der Waals surface area contributed by atoms with Gasteiger partial charge in [-0.05, 0) is 32.1 Å². The molecule has 4 heteroatoms. The summed E-state index contributed by atoms with van der Waals surface area (Å²) < 4.78 is 13.0. The van der Waals surface area contributed by atoms with E-state index in [2.05, 4.69) is 0 Å². The number of amides is 1. The molecule has 2 N–H and O–H groups in total. The summed E-state index contributed by atoms with van der Waals surface area (Å²) in [6.45, 7) is 1.18. The van der Waals surface area contributed by atoms with Gasteiger partial charge in [0.1, 0.15) is 6.17 Å². The van der Waals surface area contributed by atoms with Crippen LogP contribution in [0.1, 0.15) is 38.5 Å². The van der Waals surface area contributed by atoms with Gasteiger partial charge in [0.2, 0.25) is 5.91 Å². The Morgan fingerprint density at radius 2 is 1.88 bits per heavy atom. The van der Waals surface area contributed by atoms with Crippen molar-refractivity contribution in [2.45, 2.75) is 50.7 Å². The van der Waals surface area contributed by atoms with Gasteiger partial charge in [0.15, 0.2) is 0 Å². The van der Waals surface area contributed by atoms with Gasteiger partial charge in [-0.15, -0.1) is 0 Å². The zero-order valence-electron chi connectivity index (χ0n) is 9.70. The van der Waals surface area contributed by atoms with Crippen molar-refractivity contribution in [2.75, 3.05) is 13.1 Å². The fourth-order valence-electron chi connectivity index (χ4n) is 2.78. The molecule has 16 heavy (non-hydrogen) atoms. The number of alkyl halides is 1. The van der Waals surface area contributed by atoms with Gasteiger partial charge in [-0.2, -0.15) is 0 Å². The first-order valence-electron chi connectivity index (χ1n) is 6.35. The molecule has 1 heterocycles. The Kier molecular flexibility index (Phi) is 3.79. The highest BCUT2D eigenvalue weighted by molar-refractivity contribution is 5.79. The van der Waals surface area contributed by atoms with E-state index in [-0.39, 0.29) is 17.9 Å². The second-order valence-corrected chi connectivity index (χ2v) is 5.12. The van der Waals surface area contributed by atoms with Crippen LogP contribution in [0.3, 0.4) is 0 Å². The van der Waals surface area contributed by atoms with Crippen LogP contribution in [0.25, 0.3) is 0 Å². The van der Waals surface area contributed by atoms with Gasteiger partial charge in [-0.3, -0.25) is 4.79 Å². The lowest BCUT2D eigenvalue weighted by Gasteiger charge is -2.34. The highest BCUT2D eigenvalue weighted by Gasteiger charge is 2.30. The van der Waals surface area contributed by atoms with E-state index in [4.69, 9.17) is 5.73 Å². The fraction of sp³-hybridized carbons (Fsp3) is 0.917. The van der Waals surface area contributed by atoms with Crippen molar-refractivity contribution >= 4 is 5.91 Å². The molecule has 92 valence electrons. The minimum Gasteiger partial charge on any atom is -0.342 e. The zero-order valence-corrected chi connectivity index (χ0v) is 9.70. The minimum absolute atomic E-state index is 0.0971. The van der Waals surface area contributed by atoms with Gasteiger partial charge in [-0.1, -0.05) is 6.42 Å². The van der Waals surface area contributed by atoms with Crippen molar-refractivity contribution in [3.05, 3.63) is 0 Å². The van der Waals surface area contributed by atoms with E-state index in [1.165, 1.54) is 0 Å². The molecule has 0 bridgehead atoms. The van der Waals surface area contributed by atoms with Crippen LogP contribution in [-0.4, -0.2) is 36.1 Å². The molecule has 0 aromatic carbocycles. The standard InChI is InChI=1S/C12H21FN2O/c13-10-4-6-15(7-5-10)12(16)9-2-1-3-11(14)8-9/h9-11H,1-8,14H2/t9-,11+/m1/s1. The molecule has 0 radical (unpaired) electrons. The van der Waals surface area contributed by atoms with E-state index in [0.717, 1.165) is 25.7 Å². The number of carbonyl (C=O) groups excluding carboxylic acids is 1. The predicted molar refractivity (Wildman–Crippen MR) is 60.6 cm³/mol. The highest BCUT2D eigenvalue weighted by atomic mass is 19.1. The Balaban J connectivity index is 1.86. The molecule has 0 unspecified atom stereocenters. The molecule has 2 atom stereocenters. The number of hydrogen-bond acceptors (Lipinski definition) is 2. The van der Waals surface area contributed by atoms with Crippen LogP contribution in [-0.2, 0) is 4.79 Å². The highest BCUT2D eigenvalue weighted by Crippen LogP contribution is 2.26. The first kappa shape index (κ1) is 11.8. The molecule has 1 aliphatic carbocycles. The molecule has 3 nitrogen and oxygen atoms in total. The van der Waals surface area contributed by atoms with Crippen LogP contribution in [0.5, 0.6) is 0 Å². The SMILES string of the molecule is N[C@H]1CCC[C@@H](C(=O)N2CCC(F)CC2)C1. The second-order valence-electron chi connectivity index (χ2n) is 5.12. The number of nitrogens with zero attached hydrogens (tertiary/aromatic N) is 1. The van der Waals surface area contributed by atoms with E-state index >= 15 is 0 Å². The lowest BCUT2D eigenvalue weighted by molar-refractivity contribution is -0.138. The molecule has 0 aromatic heterocycles. The van der Waals surface area contributed by atoms with Gasteiger partial charge >= 0.3 is 0 Å². The Morgan fingerprint density at radius 1 is 1.19 bits per heavy atom. The van der Waals surface area contributed by atoms with Crippen molar-refractivity contribution in [1.29, 1.82) is 0 Å². The van der Waals surface area contributed by atoms with Crippen molar-refractivity contribution in [3.63, 3.8) is 0 Å². The summed E-state index contributed by atoms with van der Waals surface area (Å²) in [6, 6.07) is 0.182. The third-order valence-electron chi connectivity index (χ3n) is 3.80. The van der Waals surface area contributed by atoms with Crippen LogP contribution in [0.15, 0.2) is 0 Å². The van der Waals surface area contributed by atoms with Crippen LogP contribution in [0.4, 0.5) is 4.39 Å². The van der Waals surface area contributed by atoms with E-state index in [9.17, 15) is 9.18 Å². The Bertz CT molecular complexity index is 251. The molecule has 1 aliphatic heterocycles. The Hall–Kier alpha value is -0.640. The van der Waals surface area contributed by atoms with Crippen LogP contribution in [0, 0.1) is 5.92 Å². The normalized spacial score (nSPS) is 32.8. The Morgan fingerprint density at radius 3 is 2.50 bits per heavy atom. The van der Waals surface area contributed by atoms with E-state index in [1.54, 1.807) is 0 Å². The third kappa shape index (κ3) is 2.73. The number of nitrogens with two attached hydrogens (primary N) is 1. The molecular formula is C12H21FN2O. The predicted octanol–water partition coefficient (Wildman–Crippen LogP) is 1.46. The average Bonchev–Trinajstić information content (AvgIpc) is 2.29. The van der Waals surface area contributed by atoms with Crippen LogP contribution < -0.4 is 5.73 Å². The van der Waals surface area contributed by atoms with Crippen molar-refractivity contribution in [3.8, 4) is 0 Å². The maximum Gasteiger partial charge on any atom is 0.225 e. The lowest BCUT2D eigenvalue weighted by atomic mass is 9.85. The number of likely N-dealkylation sites (tertiary alicyclic amines) is 1. The maximum absolute atomic E-state index is 13.0. The molecule has 0 spiro atoms. The summed E-state index contributed by atoms with van der Waals surface area (Å²) >= 11 is 0. The lowest BCUT2D eigenvalue weighted by Crippen LogP contribution is -2.44. The van der Waals surface area contributed by atoms with E-state index in [1.807, 2.05) is 4.90 Å². The zero-order chi connectivity index (χ0) is 11.5. The molecule has 2 rings (SSSR count). The molecule has 1 amide bonds. The largest absolute Gasteiger partial charge is 0.342 e. The molecule has 2 fully saturated rings. The summed E-state index contributed by atoms with van der Waals surface area (Å²) in [4.78, 5) is 14.0. The Labute approximate surface area is 96.2 Å². The maximum atomic E-state index is 13.0. The van der Waals surface area contributed by atoms with Gasteiger partial charge in [0.05, 0.1) is 0 Å². The quantitative estimate of drug-likeness (QED) is 0.738. The number of carbonyl (C=O) groups is 1. The average molecular weight is 228 g/mol. The smallest absolute Gasteiger partial charge is 0.225 e.